The van der Waals surface area contributed by atoms with Crippen LogP contribution in [-0.4, -0.2) is 70.8 Å². The van der Waals surface area contributed by atoms with Gasteiger partial charge in [0.25, 0.3) is 11.8 Å². The van der Waals surface area contributed by atoms with Crippen LogP contribution >= 0.6 is 0 Å². The van der Waals surface area contributed by atoms with Crippen molar-refractivity contribution >= 4 is 29.2 Å². The molecule has 0 radical (unpaired) electrons. The Bertz CT molecular complexity index is 2120. The maximum absolute atomic E-state index is 13.7. The van der Waals surface area contributed by atoms with Crippen molar-refractivity contribution in [1.82, 2.24) is 19.8 Å². The smallest absolute Gasteiger partial charge is 0.310 e. The lowest BCUT2D eigenvalue weighted by atomic mass is 9.94. The molecule has 55 heavy (non-hydrogen) atoms. The van der Waals surface area contributed by atoms with Crippen LogP contribution < -0.4 is 10.6 Å². The maximum atomic E-state index is 13.7. The van der Waals surface area contributed by atoms with Gasteiger partial charge >= 0.3 is 5.97 Å². The number of esters is 1. The van der Waals surface area contributed by atoms with Gasteiger partial charge in [-0.05, 0) is 152 Å². The number of ether oxygens (including phenoxy) is 1. The van der Waals surface area contributed by atoms with Crippen LogP contribution in [0.25, 0.3) is 11.1 Å². The zero-order valence-corrected chi connectivity index (χ0v) is 32.5. The fourth-order valence-electron chi connectivity index (χ4n) is 8.55. The summed E-state index contributed by atoms with van der Waals surface area (Å²) >= 11 is 0. The van der Waals surface area contributed by atoms with Gasteiger partial charge < -0.3 is 15.4 Å². The molecule has 0 spiro atoms. The summed E-state index contributed by atoms with van der Waals surface area (Å²) in [6.07, 6.45) is 10.3. The minimum Gasteiger partial charge on any atom is -0.469 e. The van der Waals surface area contributed by atoms with E-state index in [-0.39, 0.29) is 23.7 Å². The van der Waals surface area contributed by atoms with Crippen molar-refractivity contribution in [2.24, 2.45) is 11.8 Å². The lowest BCUT2D eigenvalue weighted by Crippen LogP contribution is -2.24. The normalized spacial score (nSPS) is 20.1. The highest BCUT2D eigenvalue weighted by Gasteiger charge is 2.33. The molecular weight excluding hydrogens is 689 g/mol. The molecule has 4 aliphatic rings. The summed E-state index contributed by atoms with van der Waals surface area (Å²) in [5.41, 5.74) is 10.9. The fourth-order valence-corrected chi connectivity index (χ4v) is 8.55. The molecule has 10 heteroatoms. The number of hydrogen-bond donors (Lipinski definition) is 2. The highest BCUT2D eigenvalue weighted by atomic mass is 16.5. The van der Waals surface area contributed by atoms with Gasteiger partial charge in [0, 0.05) is 49.9 Å². The monoisotopic (exact) mass is 740 g/mol. The summed E-state index contributed by atoms with van der Waals surface area (Å²) < 4.78 is 4.97. The number of nitrogens with one attached hydrogen (secondary N) is 2. The number of carbonyl (C=O) groups excluding carboxylic acids is 3. The molecule has 286 valence electrons. The van der Waals surface area contributed by atoms with E-state index in [1.807, 2.05) is 74.8 Å². The Morgan fingerprint density at radius 1 is 0.709 bits per heavy atom. The minimum atomic E-state index is -0.252. The number of rotatable bonds is 12. The molecule has 0 bridgehead atoms. The standard InChI is InChI=1S/C45H52N6O4/c1-27-15-17-50(23-27)25-33-21-46-41(19-37(33)30-11-12-30)43(52)48-39-9-5-7-35(28(39)2)36-8-6-10-40(29(36)3)49-44(53)42-20-38(31-13-14-31)34(22-47-42)26-51-18-16-32(24-51)45(54)55-4/h5-10,19-22,27,30-32H,11-18,23-26H2,1-4H3,(H,48,52)(H,49,53)/t27-,32-/m0/s1. The number of aromatic nitrogens is 2. The number of methoxy groups -OCH3 is 1. The average molecular weight is 741 g/mol. The van der Waals surface area contributed by atoms with Crippen LogP contribution in [0.1, 0.15) is 112 Å². The second kappa shape index (κ2) is 15.7. The van der Waals surface area contributed by atoms with Crippen LogP contribution in [0.3, 0.4) is 0 Å². The van der Waals surface area contributed by atoms with Crippen LogP contribution in [0.15, 0.2) is 60.9 Å². The molecule has 0 unspecified atom stereocenters. The number of nitrogens with zero attached hydrogens (tertiary/aromatic N) is 4. The SMILES string of the molecule is COC(=O)[C@H]1CCN(Cc2cnc(C(=O)Nc3cccc(-c4cccc(NC(=O)c5cc(C6CC6)c(CN6CC[C@H](C)C6)cn5)c4C)c3C)cc2C2CC2)C1. The van der Waals surface area contributed by atoms with Crippen molar-refractivity contribution < 1.29 is 19.1 Å². The van der Waals surface area contributed by atoms with E-state index >= 15 is 0 Å². The van der Waals surface area contributed by atoms with Crippen LogP contribution in [0, 0.1) is 25.7 Å². The number of carbonyl (C=O) groups is 3. The molecule has 2 aliphatic carbocycles. The number of pyridine rings is 2. The van der Waals surface area contributed by atoms with Gasteiger partial charge in [0.2, 0.25) is 0 Å². The van der Waals surface area contributed by atoms with E-state index in [1.165, 1.54) is 43.1 Å². The third-order valence-electron chi connectivity index (χ3n) is 12.1. The summed E-state index contributed by atoms with van der Waals surface area (Å²) in [6.45, 7) is 11.7. The first kappa shape index (κ1) is 37.0. The lowest BCUT2D eigenvalue weighted by molar-refractivity contribution is -0.144. The Kier molecular flexibility index (Phi) is 10.5. The fraction of sp³-hybridized carbons (Fsp3) is 0.444. The predicted molar refractivity (Wildman–Crippen MR) is 214 cm³/mol. The third kappa shape index (κ3) is 8.21. The largest absolute Gasteiger partial charge is 0.469 e. The summed E-state index contributed by atoms with van der Waals surface area (Å²) in [4.78, 5) is 53.5. The zero-order valence-electron chi connectivity index (χ0n) is 32.5. The molecule has 2 N–H and O–H groups in total. The summed E-state index contributed by atoms with van der Waals surface area (Å²) in [5.74, 6) is 0.972. The lowest BCUT2D eigenvalue weighted by Gasteiger charge is -2.19. The molecule has 8 rings (SSSR count). The first-order chi connectivity index (χ1) is 26.6. The number of benzene rings is 2. The van der Waals surface area contributed by atoms with Crippen molar-refractivity contribution in [3.8, 4) is 11.1 Å². The second-order valence-corrected chi connectivity index (χ2v) is 16.3. The molecule has 2 aliphatic heterocycles. The number of amides is 2. The second-order valence-electron chi connectivity index (χ2n) is 16.3. The van der Waals surface area contributed by atoms with Crippen LogP contribution in [0.4, 0.5) is 11.4 Å². The molecule has 2 amide bonds. The van der Waals surface area contributed by atoms with Crippen molar-refractivity contribution in [3.63, 3.8) is 0 Å². The summed E-state index contributed by atoms with van der Waals surface area (Å²) in [5, 5.41) is 6.28. The molecule has 2 saturated carbocycles. The molecule has 10 nitrogen and oxygen atoms in total. The van der Waals surface area contributed by atoms with E-state index in [1.54, 1.807) is 0 Å². The van der Waals surface area contributed by atoms with Crippen LogP contribution in [0.5, 0.6) is 0 Å². The average Bonchev–Trinajstić information content (AvgIpc) is 4.12. The van der Waals surface area contributed by atoms with E-state index in [4.69, 9.17) is 4.74 Å². The van der Waals surface area contributed by atoms with Crippen LogP contribution in [-0.2, 0) is 22.6 Å². The minimum absolute atomic E-state index is 0.0922. The highest BCUT2D eigenvalue weighted by molar-refractivity contribution is 6.05. The first-order valence-electron chi connectivity index (χ1n) is 20.0. The van der Waals surface area contributed by atoms with Gasteiger partial charge in [0.1, 0.15) is 11.4 Å². The van der Waals surface area contributed by atoms with Crippen molar-refractivity contribution in [3.05, 3.63) is 106 Å². The first-order valence-corrected chi connectivity index (χ1v) is 20.0. The van der Waals surface area contributed by atoms with Gasteiger partial charge in [0.15, 0.2) is 0 Å². The van der Waals surface area contributed by atoms with E-state index in [9.17, 15) is 14.4 Å². The molecule has 4 heterocycles. The number of likely N-dealkylation sites (tertiary alicyclic amines) is 2. The zero-order chi connectivity index (χ0) is 38.2. The number of hydrogen-bond acceptors (Lipinski definition) is 8. The molecule has 4 fully saturated rings. The topological polar surface area (TPSA) is 117 Å². The van der Waals surface area contributed by atoms with E-state index in [2.05, 4.69) is 37.3 Å². The maximum Gasteiger partial charge on any atom is 0.310 e. The van der Waals surface area contributed by atoms with Gasteiger partial charge in [-0.1, -0.05) is 31.2 Å². The molecule has 2 atom stereocenters. The van der Waals surface area contributed by atoms with Crippen molar-refractivity contribution in [1.29, 1.82) is 0 Å². The van der Waals surface area contributed by atoms with Gasteiger partial charge in [0.05, 0.1) is 13.0 Å². The van der Waals surface area contributed by atoms with Gasteiger partial charge in [-0.2, -0.15) is 0 Å². The van der Waals surface area contributed by atoms with E-state index in [0.717, 1.165) is 84.9 Å². The summed E-state index contributed by atoms with van der Waals surface area (Å²) in [7, 11) is 1.44. The number of anilines is 2. The molecule has 2 saturated heterocycles. The van der Waals surface area contributed by atoms with Crippen molar-refractivity contribution in [2.45, 2.75) is 84.2 Å². The Morgan fingerprint density at radius 2 is 1.20 bits per heavy atom. The van der Waals surface area contributed by atoms with Crippen molar-refractivity contribution in [2.75, 3.05) is 43.9 Å². The molecular formula is C45H52N6O4. The Morgan fingerprint density at radius 3 is 1.65 bits per heavy atom. The molecule has 4 aromatic rings. The van der Waals surface area contributed by atoms with Gasteiger partial charge in [-0.3, -0.25) is 34.2 Å². The molecule has 2 aromatic carbocycles. The Labute approximate surface area is 324 Å². The Balaban J connectivity index is 0.963. The Hall–Kier alpha value is -4.93. The van der Waals surface area contributed by atoms with Gasteiger partial charge in [-0.15, -0.1) is 0 Å². The summed E-state index contributed by atoms with van der Waals surface area (Å²) in [6, 6.07) is 15.8. The van der Waals surface area contributed by atoms with Crippen LogP contribution in [0.2, 0.25) is 0 Å². The highest BCUT2D eigenvalue weighted by Crippen LogP contribution is 2.43. The quantitative estimate of drug-likeness (QED) is 0.141. The molecule has 2 aromatic heterocycles. The third-order valence-corrected chi connectivity index (χ3v) is 12.1. The predicted octanol–water partition coefficient (Wildman–Crippen LogP) is 7.86. The van der Waals surface area contributed by atoms with Gasteiger partial charge in [-0.25, -0.2) is 0 Å². The van der Waals surface area contributed by atoms with E-state index < -0.39 is 0 Å². The van der Waals surface area contributed by atoms with E-state index in [0.29, 0.717) is 42.0 Å².